The Morgan fingerprint density at radius 1 is 1.27 bits per heavy atom. The number of nitrogens with zero attached hydrogens (tertiary/aromatic N) is 1. The zero-order valence-electron chi connectivity index (χ0n) is 7.61. The fourth-order valence-corrected chi connectivity index (χ4v) is 1.71. The summed E-state index contributed by atoms with van der Waals surface area (Å²) in [5.41, 5.74) is 0.463. The number of aromatic nitrogens is 2. The Labute approximate surface area is 96.0 Å². The summed E-state index contributed by atoms with van der Waals surface area (Å²) in [6, 6.07) is 9.18. The first-order chi connectivity index (χ1) is 7.18. The molecular formula is C10H7ClN2OS. The van der Waals surface area contributed by atoms with Gasteiger partial charge in [0.05, 0.1) is 0 Å². The number of aromatic amines is 1. The third-order valence-corrected chi connectivity index (χ3v) is 2.39. The number of H-pyrrole nitrogens is 1. The van der Waals surface area contributed by atoms with Gasteiger partial charge < -0.3 is 4.98 Å². The molecule has 0 radical (unpaired) electrons. The van der Waals surface area contributed by atoms with Crippen LogP contribution in [0.4, 0.5) is 0 Å². The molecule has 0 bridgehead atoms. The summed E-state index contributed by atoms with van der Waals surface area (Å²) >= 11 is 10.6. The van der Waals surface area contributed by atoms with Crippen LogP contribution in [0.3, 0.4) is 0 Å². The highest BCUT2D eigenvalue weighted by molar-refractivity contribution is 7.71. The van der Waals surface area contributed by atoms with E-state index < -0.39 is 0 Å². The third kappa shape index (κ3) is 2.00. The predicted molar refractivity (Wildman–Crippen MR) is 62.2 cm³/mol. The molecule has 0 unspecified atom stereocenters. The van der Waals surface area contributed by atoms with Gasteiger partial charge in [0.2, 0.25) is 0 Å². The molecule has 3 nitrogen and oxygen atoms in total. The molecule has 0 spiro atoms. The summed E-state index contributed by atoms with van der Waals surface area (Å²) < 4.78 is 1.52. The van der Waals surface area contributed by atoms with Gasteiger partial charge in [0.1, 0.15) is 5.15 Å². The van der Waals surface area contributed by atoms with Crippen molar-refractivity contribution in [2.75, 3.05) is 0 Å². The molecule has 0 amide bonds. The van der Waals surface area contributed by atoms with Crippen molar-refractivity contribution in [3.8, 4) is 5.69 Å². The molecule has 0 saturated carbocycles. The zero-order chi connectivity index (χ0) is 10.8. The standard InChI is InChI=1S/C10H7ClN2OS/c11-8-6-13(10(14)9(15)12-8)7-4-2-1-3-5-7/h1-6H,(H,12,15). The second-order valence-electron chi connectivity index (χ2n) is 2.94. The van der Waals surface area contributed by atoms with E-state index in [2.05, 4.69) is 4.98 Å². The summed E-state index contributed by atoms with van der Waals surface area (Å²) in [4.78, 5) is 14.3. The van der Waals surface area contributed by atoms with Crippen LogP contribution in [0.15, 0.2) is 41.3 Å². The minimum absolute atomic E-state index is 0.103. The van der Waals surface area contributed by atoms with Crippen molar-refractivity contribution >= 4 is 23.8 Å². The third-order valence-electron chi connectivity index (χ3n) is 1.92. The maximum atomic E-state index is 11.7. The molecule has 1 N–H and O–H groups in total. The molecular weight excluding hydrogens is 232 g/mol. The highest BCUT2D eigenvalue weighted by Crippen LogP contribution is 2.07. The molecule has 1 aromatic heterocycles. The molecule has 2 aromatic rings. The summed E-state index contributed by atoms with van der Waals surface area (Å²) in [5.74, 6) is 0. The number of para-hydroxylation sites is 1. The zero-order valence-corrected chi connectivity index (χ0v) is 9.18. The molecule has 1 aromatic carbocycles. The van der Waals surface area contributed by atoms with E-state index in [4.69, 9.17) is 23.8 Å². The van der Waals surface area contributed by atoms with Gasteiger partial charge in [-0.25, -0.2) is 0 Å². The Kier molecular flexibility index (Phi) is 2.70. The number of nitrogens with one attached hydrogen (secondary N) is 1. The Hall–Kier alpha value is -1.39. The van der Waals surface area contributed by atoms with Crippen molar-refractivity contribution in [3.05, 3.63) is 56.7 Å². The monoisotopic (exact) mass is 238 g/mol. The van der Waals surface area contributed by atoms with Crippen LogP contribution in [-0.4, -0.2) is 9.55 Å². The molecule has 2 rings (SSSR count). The number of rotatable bonds is 1. The summed E-state index contributed by atoms with van der Waals surface area (Å²) in [5, 5.41) is 0.337. The van der Waals surface area contributed by atoms with Crippen LogP contribution < -0.4 is 5.56 Å². The highest BCUT2D eigenvalue weighted by atomic mass is 35.5. The minimum atomic E-state index is -0.277. The summed E-state index contributed by atoms with van der Waals surface area (Å²) in [6.45, 7) is 0. The van der Waals surface area contributed by atoms with Crippen LogP contribution in [-0.2, 0) is 0 Å². The van der Waals surface area contributed by atoms with Gasteiger partial charge in [0.25, 0.3) is 5.56 Å². The van der Waals surface area contributed by atoms with Crippen molar-refractivity contribution in [2.45, 2.75) is 0 Å². The number of benzene rings is 1. The lowest BCUT2D eigenvalue weighted by molar-refractivity contribution is 0.946. The van der Waals surface area contributed by atoms with E-state index in [1.807, 2.05) is 30.3 Å². The molecule has 5 heteroatoms. The smallest absolute Gasteiger partial charge is 0.290 e. The lowest BCUT2D eigenvalue weighted by Crippen LogP contribution is -2.19. The van der Waals surface area contributed by atoms with E-state index in [1.165, 1.54) is 10.8 Å². The number of hydrogen-bond acceptors (Lipinski definition) is 2. The second kappa shape index (κ2) is 4.00. The van der Waals surface area contributed by atoms with Crippen LogP contribution in [0.25, 0.3) is 5.69 Å². The quantitative estimate of drug-likeness (QED) is 0.776. The van der Waals surface area contributed by atoms with Gasteiger partial charge >= 0.3 is 0 Å². The van der Waals surface area contributed by atoms with Crippen molar-refractivity contribution in [1.29, 1.82) is 0 Å². The molecule has 0 aliphatic rings. The van der Waals surface area contributed by atoms with E-state index >= 15 is 0 Å². The first-order valence-corrected chi connectivity index (χ1v) is 5.04. The molecule has 76 valence electrons. The van der Waals surface area contributed by atoms with E-state index in [0.29, 0.717) is 5.15 Å². The highest BCUT2D eigenvalue weighted by Gasteiger charge is 2.01. The van der Waals surface area contributed by atoms with E-state index in [-0.39, 0.29) is 10.2 Å². The lowest BCUT2D eigenvalue weighted by atomic mass is 10.3. The largest absolute Gasteiger partial charge is 0.331 e. The fraction of sp³-hybridized carbons (Fsp3) is 0. The first kappa shape index (κ1) is 10.1. The van der Waals surface area contributed by atoms with E-state index in [0.717, 1.165) is 5.69 Å². The molecule has 0 fully saturated rings. The SMILES string of the molecule is O=c1c(=S)[nH]c(Cl)cn1-c1ccccc1. The van der Waals surface area contributed by atoms with Crippen LogP contribution in [0.5, 0.6) is 0 Å². The van der Waals surface area contributed by atoms with Crippen LogP contribution >= 0.6 is 23.8 Å². The predicted octanol–water partition coefficient (Wildman–Crippen LogP) is 2.55. The average molecular weight is 239 g/mol. The van der Waals surface area contributed by atoms with Crippen molar-refractivity contribution in [2.24, 2.45) is 0 Å². The van der Waals surface area contributed by atoms with Gasteiger partial charge in [0, 0.05) is 11.9 Å². The van der Waals surface area contributed by atoms with Crippen molar-refractivity contribution in [1.82, 2.24) is 9.55 Å². The Balaban J connectivity index is 2.74. The molecule has 0 atom stereocenters. The molecule has 1 heterocycles. The van der Waals surface area contributed by atoms with E-state index in [9.17, 15) is 4.79 Å². The van der Waals surface area contributed by atoms with Gasteiger partial charge in [-0.1, -0.05) is 42.0 Å². The second-order valence-corrected chi connectivity index (χ2v) is 3.76. The molecule has 0 saturated heterocycles. The van der Waals surface area contributed by atoms with Crippen molar-refractivity contribution in [3.63, 3.8) is 0 Å². The minimum Gasteiger partial charge on any atom is -0.331 e. The van der Waals surface area contributed by atoms with Crippen LogP contribution in [0.1, 0.15) is 0 Å². The number of hydrogen-bond donors (Lipinski definition) is 1. The average Bonchev–Trinajstić information content (AvgIpc) is 2.24. The maximum Gasteiger partial charge on any atom is 0.290 e. The molecule has 0 aliphatic heterocycles. The number of halogens is 1. The van der Waals surface area contributed by atoms with Gasteiger partial charge in [-0.15, -0.1) is 0 Å². The van der Waals surface area contributed by atoms with Crippen LogP contribution in [0.2, 0.25) is 5.15 Å². The normalized spacial score (nSPS) is 10.2. The van der Waals surface area contributed by atoms with Gasteiger partial charge in [-0.3, -0.25) is 9.36 Å². The molecule has 0 aliphatic carbocycles. The van der Waals surface area contributed by atoms with Crippen LogP contribution in [0, 0.1) is 4.64 Å². The maximum absolute atomic E-state index is 11.7. The molecule has 15 heavy (non-hydrogen) atoms. The Morgan fingerprint density at radius 2 is 1.93 bits per heavy atom. The van der Waals surface area contributed by atoms with Gasteiger partial charge in [-0.2, -0.15) is 0 Å². The lowest BCUT2D eigenvalue weighted by Gasteiger charge is -2.04. The van der Waals surface area contributed by atoms with Gasteiger partial charge in [0.15, 0.2) is 4.64 Å². The van der Waals surface area contributed by atoms with Crippen molar-refractivity contribution < 1.29 is 0 Å². The Morgan fingerprint density at radius 3 is 2.60 bits per heavy atom. The fourth-order valence-electron chi connectivity index (χ4n) is 1.26. The Bertz CT molecular complexity index is 588. The summed E-state index contributed by atoms with van der Waals surface area (Å²) in [7, 11) is 0. The topological polar surface area (TPSA) is 37.8 Å². The summed E-state index contributed by atoms with van der Waals surface area (Å²) in [6.07, 6.45) is 1.51. The van der Waals surface area contributed by atoms with Gasteiger partial charge in [-0.05, 0) is 12.1 Å². The van der Waals surface area contributed by atoms with E-state index in [1.54, 1.807) is 0 Å². The first-order valence-electron chi connectivity index (χ1n) is 4.25.